The van der Waals surface area contributed by atoms with E-state index in [0.717, 1.165) is 17.1 Å². The van der Waals surface area contributed by atoms with Crippen LogP contribution in [0.25, 0.3) is 5.57 Å². The van der Waals surface area contributed by atoms with E-state index in [4.69, 9.17) is 0 Å². The summed E-state index contributed by atoms with van der Waals surface area (Å²) in [6.07, 6.45) is 8.38. The van der Waals surface area contributed by atoms with Crippen LogP contribution in [0.4, 0.5) is 13.2 Å². The molecule has 0 aliphatic heterocycles. The molecule has 0 saturated heterocycles. The molecule has 1 aliphatic carbocycles. The summed E-state index contributed by atoms with van der Waals surface area (Å²) in [5.41, 5.74) is 1.41. The first kappa shape index (κ1) is 19.1. The summed E-state index contributed by atoms with van der Waals surface area (Å²) in [6, 6.07) is 5.53. The van der Waals surface area contributed by atoms with E-state index < -0.39 is 11.7 Å². The van der Waals surface area contributed by atoms with Gasteiger partial charge in [-0.15, -0.1) is 0 Å². The third-order valence-corrected chi connectivity index (χ3v) is 5.26. The van der Waals surface area contributed by atoms with Gasteiger partial charge in [-0.1, -0.05) is 50.8 Å². The second-order valence-corrected chi connectivity index (χ2v) is 7.20. The molecular formula is C21H29F3. The molecule has 1 aromatic carbocycles. The Morgan fingerprint density at radius 2 is 1.67 bits per heavy atom. The molecule has 1 saturated carbocycles. The lowest BCUT2D eigenvalue weighted by molar-refractivity contribution is -0.137. The van der Waals surface area contributed by atoms with E-state index in [0.29, 0.717) is 5.92 Å². The molecule has 0 spiro atoms. The van der Waals surface area contributed by atoms with E-state index in [2.05, 4.69) is 13.0 Å². The number of halogens is 3. The van der Waals surface area contributed by atoms with Crippen molar-refractivity contribution in [2.45, 2.75) is 71.4 Å². The average Bonchev–Trinajstić information content (AvgIpc) is 2.56. The highest BCUT2D eigenvalue weighted by atomic mass is 19.4. The van der Waals surface area contributed by atoms with Crippen LogP contribution in [0.1, 0.15) is 76.3 Å². The summed E-state index contributed by atoms with van der Waals surface area (Å²) in [4.78, 5) is 0. The predicted molar refractivity (Wildman–Crippen MR) is 94.7 cm³/mol. The standard InChI is InChI=1S/C21H29F3/c1-3-4-5-6-17-7-9-18(10-8-17)15-16(2)19-11-13-20(14-12-19)21(22,23)24/h11-15,17-18H,3-10H2,1-2H3/b16-15+. The van der Waals surface area contributed by atoms with Crippen LogP contribution in [0.2, 0.25) is 0 Å². The lowest BCUT2D eigenvalue weighted by atomic mass is 9.79. The molecule has 1 fully saturated rings. The summed E-state index contributed by atoms with van der Waals surface area (Å²) in [5.74, 6) is 1.46. The Hall–Kier alpha value is -1.25. The van der Waals surface area contributed by atoms with Crippen LogP contribution in [0.3, 0.4) is 0 Å². The number of benzene rings is 1. The molecule has 0 nitrogen and oxygen atoms in total. The van der Waals surface area contributed by atoms with E-state index >= 15 is 0 Å². The Balaban J connectivity index is 1.88. The zero-order valence-corrected chi connectivity index (χ0v) is 14.8. The minimum absolute atomic E-state index is 0.577. The number of allylic oxidation sites excluding steroid dienone is 2. The van der Waals surface area contributed by atoms with Gasteiger partial charge in [0.1, 0.15) is 0 Å². The van der Waals surface area contributed by atoms with Crippen LogP contribution in [0.15, 0.2) is 30.3 Å². The van der Waals surface area contributed by atoms with E-state index in [1.54, 1.807) is 12.1 Å². The normalized spacial score (nSPS) is 22.6. The third kappa shape index (κ3) is 5.68. The van der Waals surface area contributed by atoms with Gasteiger partial charge in [-0.25, -0.2) is 0 Å². The van der Waals surface area contributed by atoms with Crippen LogP contribution >= 0.6 is 0 Å². The van der Waals surface area contributed by atoms with Crippen LogP contribution in [0.5, 0.6) is 0 Å². The van der Waals surface area contributed by atoms with Crippen molar-refractivity contribution in [2.75, 3.05) is 0 Å². The molecule has 0 atom stereocenters. The van der Waals surface area contributed by atoms with Crippen LogP contribution in [-0.4, -0.2) is 0 Å². The Labute approximate surface area is 144 Å². The Morgan fingerprint density at radius 3 is 2.21 bits per heavy atom. The molecule has 0 unspecified atom stereocenters. The molecule has 134 valence electrons. The quantitative estimate of drug-likeness (QED) is 0.471. The zero-order chi connectivity index (χ0) is 17.6. The number of hydrogen-bond donors (Lipinski definition) is 0. The van der Waals surface area contributed by atoms with Gasteiger partial charge in [0.05, 0.1) is 5.56 Å². The summed E-state index contributed by atoms with van der Waals surface area (Å²) >= 11 is 0. The number of hydrogen-bond acceptors (Lipinski definition) is 0. The summed E-state index contributed by atoms with van der Waals surface area (Å²) < 4.78 is 37.9. The molecule has 1 aliphatic rings. The molecule has 0 amide bonds. The molecule has 0 radical (unpaired) electrons. The predicted octanol–water partition coefficient (Wildman–Crippen LogP) is 7.50. The summed E-state index contributed by atoms with van der Waals surface area (Å²) in [6.45, 7) is 4.25. The van der Waals surface area contributed by atoms with E-state index in [-0.39, 0.29) is 0 Å². The van der Waals surface area contributed by atoms with Crippen molar-refractivity contribution in [3.05, 3.63) is 41.5 Å². The first-order valence-corrected chi connectivity index (χ1v) is 9.26. The van der Waals surface area contributed by atoms with Crippen molar-refractivity contribution in [1.82, 2.24) is 0 Å². The lowest BCUT2D eigenvalue weighted by Crippen LogP contribution is -2.13. The average molecular weight is 338 g/mol. The SMILES string of the molecule is CCCCCC1CCC(/C=C(\C)c2ccc(C(F)(F)F)cc2)CC1. The van der Waals surface area contributed by atoms with Crippen LogP contribution < -0.4 is 0 Å². The van der Waals surface area contributed by atoms with Gasteiger partial charge in [-0.2, -0.15) is 13.2 Å². The van der Waals surface area contributed by atoms with Crippen molar-refractivity contribution in [1.29, 1.82) is 0 Å². The number of rotatable bonds is 6. The van der Waals surface area contributed by atoms with Crippen molar-refractivity contribution in [3.63, 3.8) is 0 Å². The lowest BCUT2D eigenvalue weighted by Gasteiger charge is -2.27. The zero-order valence-electron chi connectivity index (χ0n) is 14.8. The third-order valence-electron chi connectivity index (χ3n) is 5.26. The van der Waals surface area contributed by atoms with Crippen LogP contribution in [0, 0.1) is 11.8 Å². The molecule has 24 heavy (non-hydrogen) atoms. The Kier molecular flexibility index (Phi) is 6.94. The van der Waals surface area contributed by atoms with E-state index in [1.807, 2.05) is 6.92 Å². The van der Waals surface area contributed by atoms with Crippen molar-refractivity contribution < 1.29 is 13.2 Å². The van der Waals surface area contributed by atoms with Gasteiger partial charge in [0, 0.05) is 0 Å². The highest BCUT2D eigenvalue weighted by Crippen LogP contribution is 2.35. The second kappa shape index (κ2) is 8.73. The summed E-state index contributed by atoms with van der Waals surface area (Å²) in [5, 5.41) is 0. The highest BCUT2D eigenvalue weighted by Gasteiger charge is 2.30. The Bertz CT molecular complexity index is 517. The van der Waals surface area contributed by atoms with Gasteiger partial charge in [0.15, 0.2) is 0 Å². The maximum absolute atomic E-state index is 12.6. The Morgan fingerprint density at radius 1 is 1.04 bits per heavy atom. The van der Waals surface area contributed by atoms with Gasteiger partial charge in [0.25, 0.3) is 0 Å². The molecule has 0 bridgehead atoms. The van der Waals surface area contributed by atoms with Gasteiger partial charge in [-0.3, -0.25) is 0 Å². The molecule has 3 heteroatoms. The topological polar surface area (TPSA) is 0 Å². The molecule has 1 aromatic rings. The molecule has 0 N–H and O–H groups in total. The molecular weight excluding hydrogens is 309 g/mol. The van der Waals surface area contributed by atoms with Gasteiger partial charge >= 0.3 is 6.18 Å². The fourth-order valence-electron chi connectivity index (χ4n) is 3.70. The number of alkyl halides is 3. The van der Waals surface area contributed by atoms with Crippen molar-refractivity contribution in [3.8, 4) is 0 Å². The van der Waals surface area contributed by atoms with Crippen molar-refractivity contribution >= 4 is 5.57 Å². The first-order chi connectivity index (χ1) is 11.4. The van der Waals surface area contributed by atoms with E-state index in [9.17, 15) is 13.2 Å². The van der Waals surface area contributed by atoms with Crippen molar-refractivity contribution in [2.24, 2.45) is 11.8 Å². The second-order valence-electron chi connectivity index (χ2n) is 7.20. The van der Waals surface area contributed by atoms with Crippen LogP contribution in [-0.2, 0) is 6.18 Å². The molecule has 2 rings (SSSR count). The van der Waals surface area contributed by atoms with E-state index in [1.165, 1.54) is 63.5 Å². The van der Waals surface area contributed by atoms with Gasteiger partial charge in [-0.05, 0) is 67.7 Å². The fourth-order valence-corrected chi connectivity index (χ4v) is 3.70. The smallest absolute Gasteiger partial charge is 0.166 e. The number of unbranched alkanes of at least 4 members (excludes halogenated alkanes) is 2. The maximum Gasteiger partial charge on any atom is 0.416 e. The van der Waals surface area contributed by atoms with Gasteiger partial charge in [0.2, 0.25) is 0 Å². The summed E-state index contributed by atoms with van der Waals surface area (Å²) in [7, 11) is 0. The fraction of sp³-hybridized carbons (Fsp3) is 0.619. The minimum atomic E-state index is -4.26. The van der Waals surface area contributed by atoms with Gasteiger partial charge < -0.3 is 0 Å². The first-order valence-electron chi connectivity index (χ1n) is 9.26. The maximum atomic E-state index is 12.6. The molecule has 0 aromatic heterocycles. The monoisotopic (exact) mass is 338 g/mol. The minimum Gasteiger partial charge on any atom is -0.166 e. The molecule has 0 heterocycles. The largest absolute Gasteiger partial charge is 0.416 e. The highest BCUT2D eigenvalue weighted by molar-refractivity contribution is 5.64.